The minimum absolute atomic E-state index is 0.0231. The van der Waals surface area contributed by atoms with E-state index in [1.807, 2.05) is 38.1 Å². The highest BCUT2D eigenvalue weighted by Crippen LogP contribution is 2.25. The highest BCUT2D eigenvalue weighted by Gasteiger charge is 2.28. The molecule has 0 unspecified atom stereocenters. The monoisotopic (exact) mass is 409 g/mol. The van der Waals surface area contributed by atoms with Gasteiger partial charge in [0.05, 0.1) is 28.9 Å². The maximum Gasteiger partial charge on any atom is 0.416 e. The van der Waals surface area contributed by atoms with Crippen molar-refractivity contribution in [3.8, 4) is 5.69 Å². The van der Waals surface area contributed by atoms with Crippen molar-refractivity contribution in [1.82, 2.24) is 14.5 Å². The highest BCUT2D eigenvalue weighted by molar-refractivity contribution is 7.99. The molecule has 2 heterocycles. The number of hydrogen-bond acceptors (Lipinski definition) is 6. The van der Waals surface area contributed by atoms with E-state index in [1.54, 1.807) is 22.8 Å². The number of carbonyl (C=O) groups is 2. The molecule has 3 aromatic rings. The predicted molar refractivity (Wildman–Crippen MR) is 111 cm³/mol. The highest BCUT2D eigenvalue weighted by atomic mass is 32.2. The van der Waals surface area contributed by atoms with Gasteiger partial charge in [-0.1, -0.05) is 36.0 Å². The lowest BCUT2D eigenvalue weighted by Gasteiger charge is -2.17. The van der Waals surface area contributed by atoms with Crippen molar-refractivity contribution in [3.63, 3.8) is 0 Å². The van der Waals surface area contributed by atoms with Gasteiger partial charge in [0.25, 0.3) is 5.56 Å². The van der Waals surface area contributed by atoms with Crippen LogP contribution in [0.5, 0.6) is 0 Å². The van der Waals surface area contributed by atoms with Gasteiger partial charge in [0.15, 0.2) is 5.16 Å². The zero-order valence-corrected chi connectivity index (χ0v) is 16.9. The average Bonchev–Trinajstić information content (AvgIpc) is 3.15. The van der Waals surface area contributed by atoms with Gasteiger partial charge < -0.3 is 4.74 Å². The van der Waals surface area contributed by atoms with Gasteiger partial charge >= 0.3 is 6.09 Å². The molecule has 1 saturated heterocycles. The molecule has 4 rings (SSSR count). The SMILES string of the molecule is Cc1cccc(-n2c(SCC(=O)N3CCOC3=O)nc3ccccc3c2=O)c1C. The van der Waals surface area contributed by atoms with Crippen molar-refractivity contribution in [1.29, 1.82) is 0 Å². The van der Waals surface area contributed by atoms with Crippen LogP contribution >= 0.6 is 11.8 Å². The van der Waals surface area contributed by atoms with E-state index in [2.05, 4.69) is 4.98 Å². The number of imide groups is 1. The first-order valence-corrected chi connectivity index (χ1v) is 10.1. The van der Waals surface area contributed by atoms with E-state index < -0.39 is 6.09 Å². The maximum atomic E-state index is 13.3. The molecule has 1 fully saturated rings. The molecule has 0 N–H and O–H groups in total. The van der Waals surface area contributed by atoms with Crippen LogP contribution in [0.3, 0.4) is 0 Å². The second-order valence-electron chi connectivity index (χ2n) is 6.72. The molecule has 8 heteroatoms. The number of para-hydroxylation sites is 1. The first kappa shape index (κ1) is 19.2. The number of aryl methyl sites for hydroxylation is 1. The number of fused-ring (bicyclic) bond motifs is 1. The molecule has 1 aliphatic rings. The van der Waals surface area contributed by atoms with Crippen LogP contribution in [0.4, 0.5) is 4.79 Å². The van der Waals surface area contributed by atoms with Crippen molar-refractivity contribution in [2.24, 2.45) is 0 Å². The Bertz CT molecular complexity index is 1190. The zero-order chi connectivity index (χ0) is 20.5. The molecule has 0 atom stereocenters. The first-order chi connectivity index (χ1) is 14.0. The fraction of sp³-hybridized carbons (Fsp3) is 0.238. The van der Waals surface area contributed by atoms with E-state index in [0.29, 0.717) is 16.1 Å². The fourth-order valence-electron chi connectivity index (χ4n) is 3.22. The molecule has 2 amide bonds. The summed E-state index contributed by atoms with van der Waals surface area (Å²) in [5.74, 6) is -0.391. The van der Waals surface area contributed by atoms with E-state index in [1.165, 1.54) is 0 Å². The minimum atomic E-state index is -0.631. The van der Waals surface area contributed by atoms with Crippen LogP contribution in [0.2, 0.25) is 0 Å². The molecule has 7 nitrogen and oxygen atoms in total. The van der Waals surface area contributed by atoms with Crippen LogP contribution in [0, 0.1) is 13.8 Å². The van der Waals surface area contributed by atoms with Crippen molar-refractivity contribution in [2.75, 3.05) is 18.9 Å². The van der Waals surface area contributed by atoms with Gasteiger partial charge in [-0.3, -0.25) is 14.2 Å². The van der Waals surface area contributed by atoms with Crippen molar-refractivity contribution in [3.05, 3.63) is 63.9 Å². The summed E-state index contributed by atoms with van der Waals surface area (Å²) in [7, 11) is 0. The van der Waals surface area contributed by atoms with Crippen LogP contribution < -0.4 is 5.56 Å². The molecule has 0 spiro atoms. The lowest BCUT2D eigenvalue weighted by Crippen LogP contribution is -2.33. The fourth-order valence-corrected chi connectivity index (χ4v) is 4.11. The van der Waals surface area contributed by atoms with E-state index in [0.717, 1.165) is 33.5 Å². The van der Waals surface area contributed by atoms with Crippen LogP contribution in [-0.4, -0.2) is 45.4 Å². The van der Waals surface area contributed by atoms with Gasteiger partial charge in [0, 0.05) is 0 Å². The Morgan fingerprint density at radius 2 is 1.93 bits per heavy atom. The maximum absolute atomic E-state index is 13.3. The number of hydrogen-bond donors (Lipinski definition) is 0. The summed E-state index contributed by atoms with van der Waals surface area (Å²) in [6.07, 6.45) is -0.631. The number of thioether (sulfide) groups is 1. The first-order valence-electron chi connectivity index (χ1n) is 9.15. The third kappa shape index (κ3) is 3.51. The van der Waals surface area contributed by atoms with Crippen molar-refractivity contribution in [2.45, 2.75) is 19.0 Å². The Morgan fingerprint density at radius 3 is 2.69 bits per heavy atom. The molecule has 1 aliphatic heterocycles. The lowest BCUT2D eigenvalue weighted by atomic mass is 10.1. The van der Waals surface area contributed by atoms with Crippen LogP contribution in [0.25, 0.3) is 16.6 Å². The standard InChI is InChI=1S/C21H19N3O4S/c1-13-6-5-9-17(14(13)2)24-19(26)15-7-3-4-8-16(15)22-20(24)29-12-18(25)23-10-11-28-21(23)27/h3-9H,10-12H2,1-2H3. The Labute approximate surface area is 171 Å². The molecule has 0 aliphatic carbocycles. The number of benzene rings is 2. The second-order valence-corrected chi connectivity index (χ2v) is 7.66. The quantitative estimate of drug-likeness (QED) is 0.487. The summed E-state index contributed by atoms with van der Waals surface area (Å²) in [6, 6.07) is 12.9. The molecule has 148 valence electrons. The van der Waals surface area contributed by atoms with Gasteiger partial charge in [-0.25, -0.2) is 14.7 Å². The van der Waals surface area contributed by atoms with Gasteiger partial charge in [-0.05, 0) is 43.2 Å². The number of amides is 2. The molecular weight excluding hydrogens is 390 g/mol. The Kier molecular flexibility index (Phi) is 5.10. The molecule has 2 aromatic carbocycles. The predicted octanol–water partition coefficient (Wildman–Crippen LogP) is 3.07. The van der Waals surface area contributed by atoms with Crippen molar-refractivity contribution >= 4 is 34.7 Å². The summed E-state index contributed by atoms with van der Waals surface area (Å²) in [5, 5.41) is 0.913. The van der Waals surface area contributed by atoms with E-state index in [4.69, 9.17) is 4.74 Å². The van der Waals surface area contributed by atoms with Gasteiger partial charge in [0.1, 0.15) is 6.61 Å². The number of rotatable bonds is 4. The zero-order valence-electron chi connectivity index (χ0n) is 16.0. The number of nitrogens with zero attached hydrogens (tertiary/aromatic N) is 3. The van der Waals surface area contributed by atoms with Crippen LogP contribution in [-0.2, 0) is 9.53 Å². The Balaban J connectivity index is 1.79. The third-order valence-electron chi connectivity index (χ3n) is 4.95. The number of aromatic nitrogens is 2. The summed E-state index contributed by atoms with van der Waals surface area (Å²) in [6.45, 7) is 4.38. The third-order valence-corrected chi connectivity index (χ3v) is 5.87. The lowest BCUT2D eigenvalue weighted by molar-refractivity contribution is -0.125. The van der Waals surface area contributed by atoms with Crippen LogP contribution in [0.15, 0.2) is 52.4 Å². The number of ether oxygens (including phenoxy) is 1. The van der Waals surface area contributed by atoms with E-state index in [-0.39, 0.29) is 30.4 Å². The van der Waals surface area contributed by atoms with Gasteiger partial charge in [-0.2, -0.15) is 0 Å². The molecule has 0 saturated carbocycles. The number of cyclic esters (lactones) is 1. The topological polar surface area (TPSA) is 81.5 Å². The minimum Gasteiger partial charge on any atom is -0.447 e. The largest absolute Gasteiger partial charge is 0.447 e. The molecule has 29 heavy (non-hydrogen) atoms. The summed E-state index contributed by atoms with van der Waals surface area (Å²) >= 11 is 1.14. The van der Waals surface area contributed by atoms with E-state index >= 15 is 0 Å². The second kappa shape index (κ2) is 7.71. The van der Waals surface area contributed by atoms with Gasteiger partial charge in [-0.15, -0.1) is 0 Å². The summed E-state index contributed by atoms with van der Waals surface area (Å²) in [4.78, 5) is 43.1. The van der Waals surface area contributed by atoms with Crippen LogP contribution in [0.1, 0.15) is 11.1 Å². The van der Waals surface area contributed by atoms with E-state index in [9.17, 15) is 14.4 Å². The average molecular weight is 409 g/mol. The normalized spacial score (nSPS) is 13.7. The van der Waals surface area contributed by atoms with Crippen molar-refractivity contribution < 1.29 is 14.3 Å². The smallest absolute Gasteiger partial charge is 0.416 e. The Hall–Kier alpha value is -3.13. The molecule has 0 radical (unpaired) electrons. The molecule has 0 bridgehead atoms. The Morgan fingerprint density at radius 1 is 1.14 bits per heavy atom. The molecular formula is C21H19N3O4S. The summed E-state index contributed by atoms with van der Waals surface area (Å²) < 4.78 is 6.37. The molecule has 1 aromatic heterocycles. The number of carbonyl (C=O) groups excluding carboxylic acids is 2. The summed E-state index contributed by atoms with van der Waals surface area (Å²) in [5.41, 5.74) is 3.11. The van der Waals surface area contributed by atoms with Gasteiger partial charge in [0.2, 0.25) is 5.91 Å².